The molecule has 3 fully saturated rings. The zero-order valence-corrected chi connectivity index (χ0v) is 18.4. The predicted molar refractivity (Wildman–Crippen MR) is 114 cm³/mol. The zero-order chi connectivity index (χ0) is 21.8. The predicted octanol–water partition coefficient (Wildman–Crippen LogP) is 2.19. The normalized spacial score (nSPS) is 35.3. The first-order chi connectivity index (χ1) is 15.0. The highest BCUT2D eigenvalue weighted by molar-refractivity contribution is 5.91. The fourth-order valence-corrected chi connectivity index (χ4v) is 4.78. The molecule has 172 valence electrons. The van der Waals surface area contributed by atoms with Crippen LogP contribution in [0.4, 0.5) is 4.79 Å². The van der Waals surface area contributed by atoms with Crippen molar-refractivity contribution in [3.05, 3.63) is 23.8 Å². The Bertz CT molecular complexity index is 732. The van der Waals surface area contributed by atoms with Crippen LogP contribution in [0, 0.1) is 5.92 Å². The lowest BCUT2D eigenvalue weighted by Gasteiger charge is -2.26. The summed E-state index contributed by atoms with van der Waals surface area (Å²) in [7, 11) is 0. The molecule has 0 aromatic carbocycles. The number of carbonyl (C=O) groups is 2. The smallest absolute Gasteiger partial charge is 0.407 e. The highest BCUT2D eigenvalue weighted by atomic mass is 16.6. The van der Waals surface area contributed by atoms with E-state index in [4.69, 9.17) is 18.9 Å². The highest BCUT2D eigenvalue weighted by Crippen LogP contribution is 2.49. The van der Waals surface area contributed by atoms with Gasteiger partial charge in [0.25, 0.3) is 0 Å². The van der Waals surface area contributed by atoms with Crippen LogP contribution in [0.5, 0.6) is 0 Å². The van der Waals surface area contributed by atoms with Crippen LogP contribution in [0.1, 0.15) is 39.0 Å². The molecule has 3 saturated heterocycles. The minimum absolute atomic E-state index is 0.0462. The topological polar surface area (TPSA) is 89.6 Å². The number of allylic oxidation sites excluding steroid dienone is 1. The molecule has 4 aliphatic rings. The Morgan fingerprint density at radius 3 is 3.00 bits per heavy atom. The lowest BCUT2D eigenvalue weighted by atomic mass is 9.84. The third kappa shape index (κ3) is 5.48. The first-order valence-electron chi connectivity index (χ1n) is 11.4. The summed E-state index contributed by atoms with van der Waals surface area (Å²) in [4.78, 5) is 26.5. The number of carbonyl (C=O) groups excluding carboxylic acids is 2. The molecule has 8 nitrogen and oxygen atoms in total. The molecule has 0 aromatic heterocycles. The van der Waals surface area contributed by atoms with Crippen LogP contribution in [-0.4, -0.2) is 80.8 Å². The van der Waals surface area contributed by atoms with Gasteiger partial charge in [-0.2, -0.15) is 0 Å². The van der Waals surface area contributed by atoms with Gasteiger partial charge < -0.3 is 24.3 Å². The van der Waals surface area contributed by atoms with Crippen molar-refractivity contribution in [2.24, 2.45) is 5.92 Å². The van der Waals surface area contributed by atoms with E-state index in [1.807, 2.05) is 0 Å². The Balaban J connectivity index is 1.22. The van der Waals surface area contributed by atoms with Gasteiger partial charge in [-0.1, -0.05) is 12.7 Å². The number of nitrogens with zero attached hydrogens (tertiary/aromatic N) is 1. The minimum Gasteiger partial charge on any atom is -0.455 e. The third-order valence-corrected chi connectivity index (χ3v) is 6.85. The van der Waals surface area contributed by atoms with Gasteiger partial charge in [-0.25, -0.2) is 9.59 Å². The van der Waals surface area contributed by atoms with Gasteiger partial charge in [0.2, 0.25) is 0 Å². The first kappa shape index (κ1) is 22.3. The number of ether oxygens (including phenoxy) is 4. The molecule has 8 heteroatoms. The number of alkyl carbamates (subject to hydrolysis) is 1. The van der Waals surface area contributed by atoms with Crippen LogP contribution in [0.3, 0.4) is 0 Å². The van der Waals surface area contributed by atoms with E-state index in [9.17, 15) is 9.59 Å². The lowest BCUT2D eigenvalue weighted by Crippen LogP contribution is -2.38. The molecule has 4 rings (SSSR count). The van der Waals surface area contributed by atoms with Gasteiger partial charge in [0.05, 0.1) is 18.8 Å². The number of morpholine rings is 1. The molecule has 1 amide bonds. The number of hydrogen-bond acceptors (Lipinski definition) is 7. The summed E-state index contributed by atoms with van der Waals surface area (Å²) >= 11 is 0. The largest absolute Gasteiger partial charge is 0.455 e. The van der Waals surface area contributed by atoms with E-state index in [1.165, 1.54) is 0 Å². The summed E-state index contributed by atoms with van der Waals surface area (Å²) < 4.78 is 22.3. The van der Waals surface area contributed by atoms with Crippen molar-refractivity contribution in [2.45, 2.75) is 56.8 Å². The molecule has 0 radical (unpaired) electrons. The van der Waals surface area contributed by atoms with Crippen LogP contribution < -0.4 is 5.32 Å². The molecule has 1 N–H and O–H groups in total. The van der Waals surface area contributed by atoms with Crippen LogP contribution in [0.25, 0.3) is 0 Å². The third-order valence-electron chi connectivity index (χ3n) is 6.85. The second kappa shape index (κ2) is 9.71. The Labute approximate surface area is 183 Å². The van der Waals surface area contributed by atoms with Crippen molar-refractivity contribution in [3.63, 3.8) is 0 Å². The van der Waals surface area contributed by atoms with Gasteiger partial charge in [-0.05, 0) is 51.1 Å². The molecule has 31 heavy (non-hydrogen) atoms. The second-order valence-corrected chi connectivity index (χ2v) is 9.10. The fourth-order valence-electron chi connectivity index (χ4n) is 4.78. The summed E-state index contributed by atoms with van der Waals surface area (Å²) in [5.74, 6) is -0.361. The lowest BCUT2D eigenvalue weighted by molar-refractivity contribution is -0.140. The van der Waals surface area contributed by atoms with E-state index in [-0.39, 0.29) is 42.4 Å². The van der Waals surface area contributed by atoms with E-state index >= 15 is 0 Å². The minimum atomic E-state index is -0.390. The summed E-state index contributed by atoms with van der Waals surface area (Å²) in [6.07, 6.45) is 5.52. The van der Waals surface area contributed by atoms with E-state index in [0.29, 0.717) is 12.1 Å². The number of hydrogen-bond donors (Lipinski definition) is 1. The average Bonchev–Trinajstić information content (AvgIpc) is 3.36. The van der Waals surface area contributed by atoms with Crippen molar-refractivity contribution < 1.29 is 28.5 Å². The van der Waals surface area contributed by atoms with E-state index in [0.717, 1.165) is 70.5 Å². The molecule has 0 bridgehead atoms. The molecule has 0 spiro atoms. The summed E-state index contributed by atoms with van der Waals surface area (Å²) in [6, 6.07) is 0. The number of fused-ring (bicyclic) bond motifs is 3. The van der Waals surface area contributed by atoms with E-state index in [2.05, 4.69) is 29.8 Å². The van der Waals surface area contributed by atoms with Crippen molar-refractivity contribution in [1.82, 2.24) is 10.2 Å². The highest BCUT2D eigenvalue weighted by Gasteiger charge is 2.61. The maximum absolute atomic E-state index is 12.1. The SMILES string of the molecule is C=C1C(=O)O[C@H]2[C@H]1CC/C(COC(=O)NCCCN1CCOCC1)=C\CC[C@@]1(C)O[C@@H]21. The van der Waals surface area contributed by atoms with Gasteiger partial charge in [0, 0.05) is 31.1 Å². The molecule has 4 atom stereocenters. The summed E-state index contributed by atoms with van der Waals surface area (Å²) in [5, 5.41) is 2.84. The molecular weight excluding hydrogens is 400 g/mol. The molecule has 0 saturated carbocycles. The van der Waals surface area contributed by atoms with Crippen LogP contribution in [0.15, 0.2) is 23.8 Å². The Kier molecular flexibility index (Phi) is 6.99. The van der Waals surface area contributed by atoms with Crippen molar-refractivity contribution in [2.75, 3.05) is 46.0 Å². The van der Waals surface area contributed by atoms with Gasteiger partial charge >= 0.3 is 12.1 Å². The van der Waals surface area contributed by atoms with E-state index < -0.39 is 0 Å². The molecule has 3 aliphatic heterocycles. The van der Waals surface area contributed by atoms with Crippen molar-refractivity contribution in [1.29, 1.82) is 0 Å². The van der Waals surface area contributed by atoms with Gasteiger partial charge in [0.1, 0.15) is 18.8 Å². The first-order valence-corrected chi connectivity index (χ1v) is 11.4. The van der Waals surface area contributed by atoms with Crippen molar-refractivity contribution in [3.8, 4) is 0 Å². The molecule has 3 heterocycles. The Morgan fingerprint density at radius 1 is 1.39 bits per heavy atom. The van der Waals surface area contributed by atoms with Gasteiger partial charge in [-0.15, -0.1) is 0 Å². The number of amides is 1. The van der Waals surface area contributed by atoms with Crippen molar-refractivity contribution >= 4 is 12.1 Å². The number of esters is 1. The Hall–Kier alpha value is -1.90. The fraction of sp³-hybridized carbons (Fsp3) is 0.739. The maximum Gasteiger partial charge on any atom is 0.407 e. The van der Waals surface area contributed by atoms with E-state index in [1.54, 1.807) is 0 Å². The van der Waals surface area contributed by atoms with Gasteiger partial charge in [-0.3, -0.25) is 4.90 Å². The maximum atomic E-state index is 12.1. The average molecular weight is 435 g/mol. The van der Waals surface area contributed by atoms with Crippen LogP contribution in [-0.2, 0) is 23.7 Å². The quantitative estimate of drug-likeness (QED) is 0.225. The molecular formula is C23H34N2O6. The molecule has 0 aromatic rings. The summed E-state index contributed by atoms with van der Waals surface area (Å²) in [5.41, 5.74) is 1.34. The summed E-state index contributed by atoms with van der Waals surface area (Å²) in [6.45, 7) is 11.3. The standard InChI is InChI=1S/C23H34N2O6/c1-16-18-7-6-17(5-3-8-23(2)20(31-23)19(18)30-21(16)26)15-29-22(27)24-9-4-10-25-11-13-28-14-12-25/h5,18-20H,1,3-4,6-15H2,2H3,(H,24,27)/b17-5+/t18-,19-,20-,23+/m0/s1. The monoisotopic (exact) mass is 434 g/mol. The molecule has 0 unspecified atom stereocenters. The van der Waals surface area contributed by atoms with Gasteiger partial charge in [0.15, 0.2) is 0 Å². The second-order valence-electron chi connectivity index (χ2n) is 9.10. The number of epoxide rings is 1. The molecule has 1 aliphatic carbocycles. The van der Waals surface area contributed by atoms with Crippen LogP contribution >= 0.6 is 0 Å². The number of rotatable bonds is 6. The Morgan fingerprint density at radius 2 is 2.19 bits per heavy atom. The number of nitrogens with one attached hydrogen (secondary N) is 1. The van der Waals surface area contributed by atoms with Crippen LogP contribution in [0.2, 0.25) is 0 Å². The zero-order valence-electron chi connectivity index (χ0n) is 18.4.